The summed E-state index contributed by atoms with van der Waals surface area (Å²) in [5.74, 6) is -1.22. The maximum atomic E-state index is 11.6. The van der Waals surface area contributed by atoms with Gasteiger partial charge in [-0.3, -0.25) is 14.9 Å². The maximum absolute atomic E-state index is 11.6. The summed E-state index contributed by atoms with van der Waals surface area (Å²) >= 11 is 0. The number of nitrogens with zero attached hydrogens (tertiary/aromatic N) is 1. The number of nitrogens with one attached hydrogen (secondary N) is 1. The molecule has 0 aliphatic carbocycles. The summed E-state index contributed by atoms with van der Waals surface area (Å²) in [6.07, 6.45) is 2.00. The second-order valence-electron chi connectivity index (χ2n) is 4.03. The molecule has 0 unspecified atom stereocenters. The molecule has 0 aliphatic rings. The summed E-state index contributed by atoms with van der Waals surface area (Å²) in [6, 6.07) is -0.373. The Bertz CT molecular complexity index is 292. The molecule has 104 valence electrons. The number of aliphatic carboxylic acids is 1. The Kier molecular flexibility index (Phi) is 8.61. The lowest BCUT2D eigenvalue weighted by Gasteiger charge is -2.19. The van der Waals surface area contributed by atoms with Crippen LogP contribution in [-0.2, 0) is 9.59 Å². The van der Waals surface area contributed by atoms with E-state index in [0.29, 0.717) is 25.9 Å². The predicted molar refractivity (Wildman–Crippen MR) is 67.2 cm³/mol. The molecule has 0 aromatic rings. The van der Waals surface area contributed by atoms with Crippen LogP contribution in [0.5, 0.6) is 0 Å². The van der Waals surface area contributed by atoms with E-state index < -0.39 is 5.97 Å². The van der Waals surface area contributed by atoms with Gasteiger partial charge in [0.1, 0.15) is 0 Å². The van der Waals surface area contributed by atoms with E-state index in [0.717, 1.165) is 6.42 Å². The van der Waals surface area contributed by atoms with E-state index in [1.165, 1.54) is 0 Å². The summed E-state index contributed by atoms with van der Waals surface area (Å²) in [5.41, 5.74) is 0. The van der Waals surface area contributed by atoms with Crippen molar-refractivity contribution < 1.29 is 19.5 Å². The largest absolute Gasteiger partial charge is 0.481 e. The molecule has 0 bridgehead atoms. The molecule has 0 aromatic carbocycles. The minimum Gasteiger partial charge on any atom is -0.481 e. The van der Waals surface area contributed by atoms with Gasteiger partial charge < -0.3 is 10.0 Å². The van der Waals surface area contributed by atoms with Gasteiger partial charge in [0.05, 0.1) is 0 Å². The summed E-state index contributed by atoms with van der Waals surface area (Å²) in [4.78, 5) is 34.9. The molecule has 2 N–H and O–H groups in total. The van der Waals surface area contributed by atoms with Crippen molar-refractivity contribution in [3.63, 3.8) is 0 Å². The van der Waals surface area contributed by atoms with E-state index in [2.05, 4.69) is 5.32 Å². The first-order valence-corrected chi connectivity index (χ1v) is 6.31. The van der Waals surface area contributed by atoms with Crippen molar-refractivity contribution in [2.24, 2.45) is 0 Å². The zero-order valence-corrected chi connectivity index (χ0v) is 11.1. The van der Waals surface area contributed by atoms with Crippen LogP contribution in [0.2, 0.25) is 0 Å². The molecule has 0 aliphatic heterocycles. The van der Waals surface area contributed by atoms with Crippen molar-refractivity contribution in [2.75, 3.05) is 13.1 Å². The van der Waals surface area contributed by atoms with Gasteiger partial charge in [-0.1, -0.05) is 6.92 Å². The molecule has 0 fully saturated rings. The number of urea groups is 1. The van der Waals surface area contributed by atoms with Crippen LogP contribution in [0.25, 0.3) is 0 Å². The van der Waals surface area contributed by atoms with Crippen LogP contribution in [0.15, 0.2) is 0 Å². The van der Waals surface area contributed by atoms with Crippen LogP contribution >= 0.6 is 0 Å². The third kappa shape index (κ3) is 7.65. The molecule has 0 saturated carbocycles. The van der Waals surface area contributed by atoms with E-state index in [4.69, 9.17) is 5.11 Å². The first-order chi connectivity index (χ1) is 8.51. The highest BCUT2D eigenvalue weighted by Gasteiger charge is 2.13. The van der Waals surface area contributed by atoms with E-state index in [9.17, 15) is 14.4 Å². The fourth-order valence-corrected chi connectivity index (χ4v) is 1.50. The minimum absolute atomic E-state index is 0.0537. The average Bonchev–Trinajstić information content (AvgIpc) is 2.31. The van der Waals surface area contributed by atoms with Crippen molar-refractivity contribution in [1.82, 2.24) is 10.2 Å². The third-order valence-corrected chi connectivity index (χ3v) is 2.45. The van der Waals surface area contributed by atoms with Crippen LogP contribution in [0, 0.1) is 0 Å². The summed E-state index contributed by atoms with van der Waals surface area (Å²) in [7, 11) is 0. The monoisotopic (exact) mass is 258 g/mol. The number of carboxylic acid groups (broad SMARTS) is 1. The highest BCUT2D eigenvalue weighted by Crippen LogP contribution is 2.00. The van der Waals surface area contributed by atoms with Gasteiger partial charge in [0.15, 0.2) is 0 Å². The Hall–Kier alpha value is -1.59. The number of unbranched alkanes of at least 4 members (excludes halogenated alkanes) is 1. The fraction of sp³-hybridized carbons (Fsp3) is 0.750. The van der Waals surface area contributed by atoms with Crippen molar-refractivity contribution in [1.29, 1.82) is 0 Å². The molecule has 3 amide bonds. The molecule has 0 saturated heterocycles. The van der Waals surface area contributed by atoms with Gasteiger partial charge >= 0.3 is 12.0 Å². The second kappa shape index (κ2) is 9.44. The standard InChI is InChI=1S/C12H22N2O4/c1-3-9-14(4-2)12(18)13-10(15)7-5-6-8-11(16)17/h3-9H2,1-2H3,(H,16,17)(H,13,15,18). The van der Waals surface area contributed by atoms with Gasteiger partial charge in [-0.25, -0.2) is 4.79 Å². The number of imide groups is 1. The number of hydrogen-bond donors (Lipinski definition) is 2. The third-order valence-electron chi connectivity index (χ3n) is 2.45. The first kappa shape index (κ1) is 16.4. The number of carboxylic acids is 1. The smallest absolute Gasteiger partial charge is 0.324 e. The van der Waals surface area contributed by atoms with Crippen LogP contribution in [0.1, 0.15) is 46.0 Å². The zero-order valence-electron chi connectivity index (χ0n) is 11.1. The van der Waals surface area contributed by atoms with Gasteiger partial charge in [-0.15, -0.1) is 0 Å². The fourth-order valence-electron chi connectivity index (χ4n) is 1.50. The normalized spacial score (nSPS) is 9.89. The Labute approximate surface area is 107 Å². The predicted octanol–water partition coefficient (Wildman–Crippen LogP) is 1.60. The molecule has 18 heavy (non-hydrogen) atoms. The van der Waals surface area contributed by atoms with E-state index in [1.807, 2.05) is 13.8 Å². The number of amides is 3. The summed E-state index contributed by atoms with van der Waals surface area (Å²) in [5, 5.41) is 10.7. The van der Waals surface area contributed by atoms with Crippen molar-refractivity contribution >= 4 is 17.9 Å². The topological polar surface area (TPSA) is 86.7 Å². The van der Waals surface area contributed by atoms with Gasteiger partial charge in [0.2, 0.25) is 5.91 Å². The molecule has 0 radical (unpaired) electrons. The van der Waals surface area contributed by atoms with Gasteiger partial charge in [0, 0.05) is 25.9 Å². The van der Waals surface area contributed by atoms with E-state index >= 15 is 0 Å². The van der Waals surface area contributed by atoms with E-state index in [1.54, 1.807) is 4.90 Å². The number of carbonyl (C=O) groups is 3. The van der Waals surface area contributed by atoms with Crippen molar-refractivity contribution in [3.05, 3.63) is 0 Å². The Balaban J connectivity index is 3.85. The molecule has 0 rings (SSSR count). The van der Waals surface area contributed by atoms with Crippen LogP contribution in [-0.4, -0.2) is 41.0 Å². The number of rotatable bonds is 8. The van der Waals surface area contributed by atoms with E-state index in [-0.39, 0.29) is 24.8 Å². The zero-order chi connectivity index (χ0) is 14.0. The minimum atomic E-state index is -0.869. The molecule has 0 atom stereocenters. The maximum Gasteiger partial charge on any atom is 0.324 e. The van der Waals surface area contributed by atoms with Gasteiger partial charge in [-0.2, -0.15) is 0 Å². The quantitative estimate of drug-likeness (QED) is 0.647. The second-order valence-corrected chi connectivity index (χ2v) is 4.03. The Morgan fingerprint density at radius 3 is 2.22 bits per heavy atom. The lowest BCUT2D eigenvalue weighted by molar-refractivity contribution is -0.137. The first-order valence-electron chi connectivity index (χ1n) is 6.31. The van der Waals surface area contributed by atoms with Crippen LogP contribution in [0.4, 0.5) is 4.79 Å². The lowest BCUT2D eigenvalue weighted by atomic mass is 10.2. The summed E-state index contributed by atoms with van der Waals surface area (Å²) in [6.45, 7) is 5.00. The Morgan fingerprint density at radius 2 is 1.72 bits per heavy atom. The molecule has 6 nitrogen and oxygen atoms in total. The highest BCUT2D eigenvalue weighted by molar-refractivity contribution is 5.94. The number of carbonyl (C=O) groups excluding carboxylic acids is 2. The molecule has 0 heterocycles. The summed E-state index contributed by atoms with van der Waals surface area (Å²) < 4.78 is 0. The molecule has 0 aromatic heterocycles. The molecule has 0 spiro atoms. The van der Waals surface area contributed by atoms with Gasteiger partial charge in [-0.05, 0) is 26.2 Å². The lowest BCUT2D eigenvalue weighted by Crippen LogP contribution is -2.43. The molecular formula is C12H22N2O4. The number of hydrogen-bond acceptors (Lipinski definition) is 3. The van der Waals surface area contributed by atoms with Crippen molar-refractivity contribution in [2.45, 2.75) is 46.0 Å². The van der Waals surface area contributed by atoms with Crippen LogP contribution < -0.4 is 5.32 Å². The molecular weight excluding hydrogens is 236 g/mol. The SMILES string of the molecule is CCCN(CC)C(=O)NC(=O)CCCCC(=O)O. The highest BCUT2D eigenvalue weighted by atomic mass is 16.4. The van der Waals surface area contributed by atoms with Gasteiger partial charge in [0.25, 0.3) is 0 Å². The molecule has 6 heteroatoms. The average molecular weight is 258 g/mol. The van der Waals surface area contributed by atoms with Crippen molar-refractivity contribution in [3.8, 4) is 0 Å². The Morgan fingerprint density at radius 1 is 1.11 bits per heavy atom. The van der Waals surface area contributed by atoms with Crippen LogP contribution in [0.3, 0.4) is 0 Å².